The maximum absolute atomic E-state index is 14.2. The van der Waals surface area contributed by atoms with Crippen LogP contribution >= 0.6 is 27.5 Å². The molecule has 1 saturated heterocycles. The molecule has 226 valence electrons. The fourth-order valence-electron chi connectivity index (χ4n) is 5.87. The first kappa shape index (κ1) is 31.2. The molecule has 0 radical (unpaired) electrons. The summed E-state index contributed by atoms with van der Waals surface area (Å²) in [5, 5.41) is 4.26. The van der Waals surface area contributed by atoms with Gasteiger partial charge in [0.05, 0.1) is 17.1 Å². The number of hydrogen-bond donors (Lipinski definition) is 1. The lowest BCUT2D eigenvalue weighted by Gasteiger charge is -2.44. The van der Waals surface area contributed by atoms with E-state index in [1.165, 1.54) is 12.1 Å². The molecule has 2 atom stereocenters. The number of aryl methyl sites for hydroxylation is 1. The van der Waals surface area contributed by atoms with Gasteiger partial charge in [-0.3, -0.25) is 9.59 Å². The number of hydrogen-bond acceptors (Lipinski definition) is 4. The van der Waals surface area contributed by atoms with E-state index in [4.69, 9.17) is 16.3 Å². The summed E-state index contributed by atoms with van der Waals surface area (Å²) >= 11 is 9.85. The standard InChI is InChI=1S/C34H36BrClFN3O3/c1-3-39(19-25-8-4-5-9-30(25)36)34(42)33-28(18-27-20-40(22(2)41)21-31(33)38-27)24-12-10-23(11-13-24)7-6-16-43-32-17-26(37)14-15-29(32)35/h4-5,8-15,17,27,31,38H,3,6-7,16,18-21H2,1-2H3. The van der Waals surface area contributed by atoms with Crippen LogP contribution < -0.4 is 10.1 Å². The van der Waals surface area contributed by atoms with E-state index in [0.717, 1.165) is 45.2 Å². The van der Waals surface area contributed by atoms with Crippen LogP contribution in [-0.2, 0) is 22.6 Å². The average molecular weight is 669 g/mol. The van der Waals surface area contributed by atoms with Gasteiger partial charge < -0.3 is 19.9 Å². The molecule has 1 N–H and O–H groups in total. The minimum atomic E-state index is -0.331. The highest BCUT2D eigenvalue weighted by Crippen LogP contribution is 2.35. The minimum absolute atomic E-state index is 0.0215. The van der Waals surface area contributed by atoms with E-state index >= 15 is 0 Å². The highest BCUT2D eigenvalue weighted by Gasteiger charge is 2.40. The van der Waals surface area contributed by atoms with Gasteiger partial charge >= 0.3 is 0 Å². The van der Waals surface area contributed by atoms with Gasteiger partial charge in [-0.25, -0.2) is 4.39 Å². The van der Waals surface area contributed by atoms with Crippen molar-refractivity contribution in [1.82, 2.24) is 15.1 Å². The zero-order chi connectivity index (χ0) is 30.5. The summed E-state index contributed by atoms with van der Waals surface area (Å²) < 4.78 is 20.0. The summed E-state index contributed by atoms with van der Waals surface area (Å²) in [4.78, 5) is 30.2. The third kappa shape index (κ3) is 7.48. The number of carbonyl (C=O) groups is 2. The molecule has 43 heavy (non-hydrogen) atoms. The maximum atomic E-state index is 14.2. The van der Waals surface area contributed by atoms with E-state index in [9.17, 15) is 14.0 Å². The molecule has 2 aliphatic rings. The predicted octanol–water partition coefficient (Wildman–Crippen LogP) is 6.65. The van der Waals surface area contributed by atoms with E-state index < -0.39 is 0 Å². The molecule has 0 spiro atoms. The summed E-state index contributed by atoms with van der Waals surface area (Å²) in [6.07, 6.45) is 2.23. The molecule has 0 aliphatic carbocycles. The number of piperazine rings is 1. The van der Waals surface area contributed by atoms with Gasteiger partial charge in [-0.15, -0.1) is 0 Å². The minimum Gasteiger partial charge on any atom is -0.492 e. The Morgan fingerprint density at radius 3 is 2.60 bits per heavy atom. The zero-order valence-electron chi connectivity index (χ0n) is 24.4. The van der Waals surface area contributed by atoms with Gasteiger partial charge in [0.1, 0.15) is 11.6 Å². The second kappa shape index (κ2) is 14.1. The summed E-state index contributed by atoms with van der Waals surface area (Å²) in [6.45, 7) is 6.04. The van der Waals surface area contributed by atoms with Crippen LogP contribution in [0.15, 0.2) is 76.8 Å². The van der Waals surface area contributed by atoms with Crippen LogP contribution in [0.4, 0.5) is 4.39 Å². The summed E-state index contributed by atoms with van der Waals surface area (Å²) in [5.41, 5.74) is 4.83. The highest BCUT2D eigenvalue weighted by atomic mass is 79.9. The fourth-order valence-corrected chi connectivity index (χ4v) is 6.43. The largest absolute Gasteiger partial charge is 0.492 e. The Morgan fingerprint density at radius 1 is 1.12 bits per heavy atom. The molecule has 0 saturated carbocycles. The second-order valence-corrected chi connectivity index (χ2v) is 12.3. The molecule has 9 heteroatoms. The van der Waals surface area contributed by atoms with E-state index in [1.807, 2.05) is 41.0 Å². The third-order valence-corrected chi connectivity index (χ3v) is 9.16. The van der Waals surface area contributed by atoms with Gasteiger partial charge in [-0.05, 0) is 82.6 Å². The molecule has 1 fully saturated rings. The van der Waals surface area contributed by atoms with Crippen molar-refractivity contribution in [1.29, 1.82) is 0 Å². The van der Waals surface area contributed by atoms with Crippen molar-refractivity contribution < 1.29 is 18.7 Å². The number of carbonyl (C=O) groups excluding carboxylic acids is 2. The molecule has 2 amide bonds. The number of nitrogens with zero attached hydrogens (tertiary/aromatic N) is 2. The number of halogens is 3. The summed E-state index contributed by atoms with van der Waals surface area (Å²) in [7, 11) is 0. The van der Waals surface area contributed by atoms with Crippen molar-refractivity contribution in [3.8, 4) is 5.75 Å². The number of nitrogens with one attached hydrogen (secondary N) is 1. The molecule has 3 aromatic rings. The molecule has 2 bridgehead atoms. The van der Waals surface area contributed by atoms with Crippen LogP contribution in [0.5, 0.6) is 5.75 Å². The molecule has 6 nitrogen and oxygen atoms in total. The van der Waals surface area contributed by atoms with Crippen molar-refractivity contribution in [3.63, 3.8) is 0 Å². The first-order valence-electron chi connectivity index (χ1n) is 14.7. The predicted molar refractivity (Wildman–Crippen MR) is 171 cm³/mol. The molecule has 2 heterocycles. The van der Waals surface area contributed by atoms with Gasteiger partial charge in [-0.2, -0.15) is 0 Å². The van der Waals surface area contributed by atoms with Crippen LogP contribution in [0.3, 0.4) is 0 Å². The van der Waals surface area contributed by atoms with Crippen molar-refractivity contribution >= 4 is 44.9 Å². The second-order valence-electron chi connectivity index (χ2n) is 11.1. The maximum Gasteiger partial charge on any atom is 0.252 e. The number of fused-ring (bicyclic) bond motifs is 2. The van der Waals surface area contributed by atoms with Gasteiger partial charge in [0.25, 0.3) is 5.91 Å². The SMILES string of the molecule is CCN(Cc1ccccc1Cl)C(=O)C1=C(c2ccc(CCCOc3cc(F)ccc3Br)cc2)CC2CN(C(C)=O)CC1N2. The Kier molecular flexibility index (Phi) is 10.2. The first-order chi connectivity index (χ1) is 20.7. The third-order valence-electron chi connectivity index (χ3n) is 8.13. The van der Waals surface area contributed by atoms with Crippen molar-refractivity contribution in [2.75, 3.05) is 26.2 Å². The van der Waals surface area contributed by atoms with Crippen LogP contribution in [0.25, 0.3) is 5.57 Å². The number of amides is 2. The number of benzene rings is 3. The number of likely N-dealkylation sites (N-methyl/N-ethyl adjacent to an activating group) is 1. The van der Waals surface area contributed by atoms with E-state index in [1.54, 1.807) is 13.0 Å². The molecule has 2 unspecified atom stereocenters. The average Bonchev–Trinajstić information content (AvgIpc) is 3.00. The lowest BCUT2D eigenvalue weighted by atomic mass is 9.82. The lowest BCUT2D eigenvalue weighted by Crippen LogP contribution is -2.61. The van der Waals surface area contributed by atoms with Crippen molar-refractivity contribution in [3.05, 3.63) is 104 Å². The highest BCUT2D eigenvalue weighted by molar-refractivity contribution is 9.10. The number of rotatable bonds is 10. The quantitative estimate of drug-likeness (QED) is 0.246. The summed E-state index contributed by atoms with van der Waals surface area (Å²) in [6, 6.07) is 20.2. The molecule has 3 aromatic carbocycles. The van der Waals surface area contributed by atoms with Crippen molar-refractivity contribution in [2.45, 2.75) is 51.7 Å². The topological polar surface area (TPSA) is 61.9 Å². The lowest BCUT2D eigenvalue weighted by molar-refractivity contribution is -0.132. The normalized spacial score (nSPS) is 18.0. The van der Waals surface area contributed by atoms with Crippen LogP contribution in [-0.4, -0.2) is 59.9 Å². The van der Waals surface area contributed by atoms with E-state index in [-0.39, 0.29) is 29.7 Å². The first-order valence-corrected chi connectivity index (χ1v) is 15.8. The van der Waals surface area contributed by atoms with Gasteiger partial charge in [0, 0.05) is 55.8 Å². The molecular formula is C34H36BrClFN3O3. The molecule has 0 aromatic heterocycles. The Morgan fingerprint density at radius 2 is 1.88 bits per heavy atom. The molecule has 2 aliphatic heterocycles. The summed E-state index contributed by atoms with van der Waals surface area (Å²) in [5.74, 6) is 0.148. The number of ether oxygens (including phenoxy) is 1. The molecular weight excluding hydrogens is 633 g/mol. The Hall–Kier alpha value is -3.20. The molecule has 5 rings (SSSR count). The van der Waals surface area contributed by atoms with Gasteiger partial charge in [0.15, 0.2) is 0 Å². The monoisotopic (exact) mass is 667 g/mol. The van der Waals surface area contributed by atoms with Crippen LogP contribution in [0, 0.1) is 5.82 Å². The fraction of sp³-hybridized carbons (Fsp3) is 0.353. The Bertz CT molecular complexity index is 1510. The van der Waals surface area contributed by atoms with E-state index in [2.05, 4.69) is 45.5 Å². The zero-order valence-corrected chi connectivity index (χ0v) is 26.8. The smallest absolute Gasteiger partial charge is 0.252 e. The van der Waals surface area contributed by atoms with Crippen molar-refractivity contribution in [2.24, 2.45) is 0 Å². The van der Waals surface area contributed by atoms with Crippen LogP contribution in [0.2, 0.25) is 5.02 Å². The van der Waals surface area contributed by atoms with Gasteiger partial charge in [0.2, 0.25) is 5.91 Å². The Balaban J connectivity index is 1.36. The van der Waals surface area contributed by atoms with E-state index in [0.29, 0.717) is 50.0 Å². The van der Waals surface area contributed by atoms with Gasteiger partial charge in [-0.1, -0.05) is 54.1 Å². The van der Waals surface area contributed by atoms with Crippen LogP contribution in [0.1, 0.15) is 43.4 Å². The Labute approximate surface area is 266 Å².